The van der Waals surface area contributed by atoms with E-state index in [9.17, 15) is 9.59 Å². The first-order valence-corrected chi connectivity index (χ1v) is 6.22. The third-order valence-corrected chi connectivity index (χ3v) is 3.01. The molecule has 1 aromatic rings. The molecule has 1 saturated heterocycles. The highest BCUT2D eigenvalue weighted by molar-refractivity contribution is 5.90. The molecule has 110 valence electrons. The number of hydrogen-bond acceptors (Lipinski definition) is 7. The van der Waals surface area contributed by atoms with Gasteiger partial charge in [-0.05, 0) is 19.4 Å². The topological polar surface area (TPSA) is 127 Å². The van der Waals surface area contributed by atoms with Crippen molar-refractivity contribution in [1.29, 1.82) is 0 Å². The Morgan fingerprint density at radius 3 is 3.05 bits per heavy atom. The van der Waals surface area contributed by atoms with Crippen LogP contribution in [-0.2, 0) is 9.53 Å². The summed E-state index contributed by atoms with van der Waals surface area (Å²) in [5, 5.41) is 17.9. The minimum Gasteiger partial charge on any atom is -0.479 e. The van der Waals surface area contributed by atoms with E-state index in [0.29, 0.717) is 5.89 Å². The third kappa shape index (κ3) is 3.31. The normalized spacial score (nSPS) is 19.8. The molecule has 0 aromatic carbocycles. The number of aliphatic carboxylic acids is 1. The largest absolute Gasteiger partial charge is 0.479 e. The van der Waals surface area contributed by atoms with Crippen LogP contribution in [-0.4, -0.2) is 53.4 Å². The number of carboxylic acid groups (broad SMARTS) is 1. The van der Waals surface area contributed by atoms with E-state index in [1.807, 2.05) is 0 Å². The van der Waals surface area contributed by atoms with Gasteiger partial charge in [-0.25, -0.2) is 4.79 Å². The maximum absolute atomic E-state index is 11.8. The molecule has 20 heavy (non-hydrogen) atoms. The van der Waals surface area contributed by atoms with E-state index in [1.165, 1.54) is 7.11 Å². The van der Waals surface area contributed by atoms with Gasteiger partial charge in [0.05, 0.1) is 12.6 Å². The van der Waals surface area contributed by atoms with Gasteiger partial charge in [-0.2, -0.15) is 4.98 Å². The second-order valence-electron chi connectivity index (χ2n) is 4.38. The molecule has 1 aliphatic rings. The summed E-state index contributed by atoms with van der Waals surface area (Å²) in [5.74, 6) is -1.50. The number of aromatic nitrogens is 2. The first kappa shape index (κ1) is 14.4. The lowest BCUT2D eigenvalue weighted by atomic mass is 10.2. The molecule has 9 nitrogen and oxygen atoms in total. The van der Waals surface area contributed by atoms with Crippen LogP contribution in [0.25, 0.3) is 0 Å². The number of carbonyl (C=O) groups excluding carboxylic acids is 1. The van der Waals surface area contributed by atoms with Crippen molar-refractivity contribution < 1.29 is 24.0 Å². The number of nitrogens with one attached hydrogen (secondary N) is 2. The second-order valence-corrected chi connectivity index (χ2v) is 4.38. The Hall–Kier alpha value is -2.00. The molecule has 0 aliphatic carbocycles. The quantitative estimate of drug-likeness (QED) is 0.627. The summed E-state index contributed by atoms with van der Waals surface area (Å²) >= 11 is 0. The lowest BCUT2D eigenvalue weighted by Gasteiger charge is -2.09. The monoisotopic (exact) mass is 284 g/mol. The van der Waals surface area contributed by atoms with Crippen LogP contribution in [0.5, 0.6) is 0 Å². The number of carboxylic acids is 1. The Bertz CT molecular complexity index is 483. The molecule has 1 aromatic heterocycles. The Balaban J connectivity index is 1.90. The fourth-order valence-corrected chi connectivity index (χ4v) is 1.90. The van der Waals surface area contributed by atoms with Crippen molar-refractivity contribution in [2.45, 2.75) is 25.0 Å². The van der Waals surface area contributed by atoms with Crippen molar-refractivity contribution in [3.63, 3.8) is 0 Å². The van der Waals surface area contributed by atoms with E-state index in [0.717, 1.165) is 19.4 Å². The van der Waals surface area contributed by atoms with Gasteiger partial charge in [0.25, 0.3) is 11.7 Å². The molecule has 1 aliphatic heterocycles. The van der Waals surface area contributed by atoms with E-state index in [-0.39, 0.29) is 18.4 Å². The molecule has 0 saturated carbocycles. The van der Waals surface area contributed by atoms with Crippen LogP contribution in [0.3, 0.4) is 0 Å². The van der Waals surface area contributed by atoms with Crippen LogP contribution in [0.15, 0.2) is 4.52 Å². The molecule has 1 amide bonds. The van der Waals surface area contributed by atoms with E-state index in [2.05, 4.69) is 20.8 Å². The number of rotatable bonds is 6. The Morgan fingerprint density at radius 1 is 1.65 bits per heavy atom. The summed E-state index contributed by atoms with van der Waals surface area (Å²) in [6, 6.07) is -0.0187. The summed E-state index contributed by atoms with van der Waals surface area (Å²) in [4.78, 5) is 26.5. The number of nitrogens with zero attached hydrogens (tertiary/aromatic N) is 2. The van der Waals surface area contributed by atoms with Crippen molar-refractivity contribution in [2.75, 3.05) is 20.2 Å². The van der Waals surface area contributed by atoms with Crippen LogP contribution >= 0.6 is 0 Å². The number of methoxy groups -OCH3 is 1. The van der Waals surface area contributed by atoms with Gasteiger partial charge >= 0.3 is 5.97 Å². The molecular weight excluding hydrogens is 268 g/mol. The summed E-state index contributed by atoms with van der Waals surface area (Å²) < 4.78 is 9.71. The average molecular weight is 284 g/mol. The Labute approximate surface area is 114 Å². The van der Waals surface area contributed by atoms with Crippen molar-refractivity contribution >= 4 is 11.9 Å². The van der Waals surface area contributed by atoms with Crippen LogP contribution in [0, 0.1) is 0 Å². The highest BCUT2D eigenvalue weighted by Gasteiger charge is 2.25. The number of ether oxygens (including phenoxy) is 1. The summed E-state index contributed by atoms with van der Waals surface area (Å²) in [6.45, 7) is 0.707. The molecule has 2 heterocycles. The van der Waals surface area contributed by atoms with Crippen molar-refractivity contribution in [3.05, 3.63) is 11.7 Å². The number of hydrogen-bond donors (Lipinski definition) is 3. The average Bonchev–Trinajstić information content (AvgIpc) is 3.09. The molecule has 0 bridgehead atoms. The lowest BCUT2D eigenvalue weighted by Crippen LogP contribution is -2.38. The SMILES string of the molecule is COC(CNC(=O)c1noc(C2CCCN2)n1)C(=O)O. The maximum atomic E-state index is 11.8. The van der Waals surface area contributed by atoms with Gasteiger partial charge in [0.1, 0.15) is 0 Å². The van der Waals surface area contributed by atoms with Crippen LogP contribution < -0.4 is 10.6 Å². The number of carbonyl (C=O) groups is 2. The maximum Gasteiger partial charge on any atom is 0.334 e. The molecular formula is C11H16N4O5. The molecule has 1 fully saturated rings. The molecule has 0 radical (unpaired) electrons. The van der Waals surface area contributed by atoms with Crippen LogP contribution in [0.4, 0.5) is 0 Å². The van der Waals surface area contributed by atoms with Gasteiger partial charge in [0.15, 0.2) is 6.10 Å². The highest BCUT2D eigenvalue weighted by atomic mass is 16.5. The van der Waals surface area contributed by atoms with Crippen molar-refractivity contribution in [1.82, 2.24) is 20.8 Å². The summed E-state index contributed by atoms with van der Waals surface area (Å²) in [5.41, 5.74) is 0. The Kier molecular flexibility index (Phi) is 4.64. The summed E-state index contributed by atoms with van der Waals surface area (Å²) in [6.07, 6.45) is 0.790. The van der Waals surface area contributed by atoms with E-state index < -0.39 is 18.0 Å². The standard InChI is InChI=1S/C11H16N4O5/c1-19-7(11(17)18)5-13-9(16)8-14-10(20-15-8)6-3-2-4-12-6/h6-7,12H,2-5H2,1H3,(H,13,16)(H,17,18). The highest BCUT2D eigenvalue weighted by Crippen LogP contribution is 2.20. The minimum absolute atomic E-state index is 0.0187. The fourth-order valence-electron chi connectivity index (χ4n) is 1.90. The van der Waals surface area contributed by atoms with Gasteiger partial charge in [-0.3, -0.25) is 4.79 Å². The van der Waals surface area contributed by atoms with Crippen LogP contribution in [0.2, 0.25) is 0 Å². The van der Waals surface area contributed by atoms with E-state index >= 15 is 0 Å². The zero-order chi connectivity index (χ0) is 14.5. The van der Waals surface area contributed by atoms with Crippen molar-refractivity contribution in [3.8, 4) is 0 Å². The first-order chi connectivity index (χ1) is 9.61. The van der Waals surface area contributed by atoms with Gasteiger partial charge in [0.2, 0.25) is 5.89 Å². The minimum atomic E-state index is -1.16. The molecule has 2 rings (SSSR count). The van der Waals surface area contributed by atoms with Gasteiger partial charge in [0, 0.05) is 7.11 Å². The zero-order valence-corrected chi connectivity index (χ0v) is 11.0. The smallest absolute Gasteiger partial charge is 0.334 e. The molecule has 3 N–H and O–H groups in total. The van der Waals surface area contributed by atoms with Gasteiger partial charge in [-0.1, -0.05) is 5.16 Å². The van der Waals surface area contributed by atoms with Gasteiger partial charge in [-0.15, -0.1) is 0 Å². The second kappa shape index (κ2) is 6.44. The Morgan fingerprint density at radius 2 is 2.45 bits per heavy atom. The molecule has 2 unspecified atom stereocenters. The van der Waals surface area contributed by atoms with Crippen LogP contribution in [0.1, 0.15) is 35.4 Å². The lowest BCUT2D eigenvalue weighted by molar-refractivity contribution is -0.148. The third-order valence-electron chi connectivity index (χ3n) is 3.01. The fraction of sp³-hybridized carbons (Fsp3) is 0.636. The molecule has 9 heteroatoms. The van der Waals surface area contributed by atoms with Gasteiger partial charge < -0.3 is 25.0 Å². The predicted molar refractivity (Wildman–Crippen MR) is 65.0 cm³/mol. The van der Waals surface area contributed by atoms with E-state index in [1.54, 1.807) is 0 Å². The molecule has 0 spiro atoms. The van der Waals surface area contributed by atoms with Crippen molar-refractivity contribution in [2.24, 2.45) is 0 Å². The zero-order valence-electron chi connectivity index (χ0n) is 11.0. The summed E-state index contributed by atoms with van der Waals surface area (Å²) in [7, 11) is 1.25. The number of amides is 1. The first-order valence-electron chi connectivity index (χ1n) is 6.22. The van der Waals surface area contributed by atoms with E-state index in [4.69, 9.17) is 14.4 Å². The molecule has 2 atom stereocenters. The predicted octanol–water partition coefficient (Wildman–Crippen LogP) is -0.676.